The molecule has 0 aliphatic rings. The van der Waals surface area contributed by atoms with Crippen molar-refractivity contribution < 1.29 is 0 Å². The first-order chi connectivity index (χ1) is 9.56. The van der Waals surface area contributed by atoms with Gasteiger partial charge in [0.1, 0.15) is 0 Å². The number of nitrogens with two attached hydrogens (primary N) is 1. The van der Waals surface area contributed by atoms with Crippen LogP contribution in [-0.2, 0) is 6.54 Å². The van der Waals surface area contributed by atoms with Gasteiger partial charge < -0.3 is 5.73 Å². The molecule has 1 aromatic carbocycles. The molecule has 0 saturated heterocycles. The molecule has 3 N–H and O–H groups in total. The highest BCUT2D eigenvalue weighted by molar-refractivity contribution is 7.09. The molecule has 0 aliphatic carbocycles. The van der Waals surface area contributed by atoms with Gasteiger partial charge in [0.05, 0.1) is 22.5 Å². The van der Waals surface area contributed by atoms with Crippen molar-refractivity contribution in [1.29, 1.82) is 5.41 Å². The number of amidine groups is 1. The average Bonchev–Trinajstić information content (AvgIpc) is 2.82. The second kappa shape index (κ2) is 6.63. The number of nitrogens with one attached hydrogen (secondary N) is 1. The highest BCUT2D eigenvalue weighted by atomic mass is 32.1. The first-order valence-electron chi connectivity index (χ1n) is 6.54. The summed E-state index contributed by atoms with van der Waals surface area (Å²) in [5.74, 6) is 0.137. The number of rotatable bonds is 6. The Morgan fingerprint density at radius 2 is 2.10 bits per heavy atom. The molecule has 0 amide bonds. The normalized spacial score (nSPS) is 12.6. The largest absolute Gasteiger partial charge is 0.387 e. The fourth-order valence-corrected chi connectivity index (χ4v) is 2.81. The maximum atomic E-state index is 7.80. The van der Waals surface area contributed by atoms with E-state index in [1.807, 2.05) is 44.3 Å². The van der Waals surface area contributed by atoms with Gasteiger partial charge in [-0.05, 0) is 19.5 Å². The Morgan fingerprint density at radius 1 is 1.40 bits per heavy atom. The third-order valence-electron chi connectivity index (χ3n) is 3.17. The Hall–Kier alpha value is -1.72. The lowest BCUT2D eigenvalue weighted by atomic mass is 9.97. The summed E-state index contributed by atoms with van der Waals surface area (Å²) in [4.78, 5) is 6.63. The van der Waals surface area contributed by atoms with Crippen molar-refractivity contribution in [2.45, 2.75) is 19.4 Å². The Labute approximate surface area is 123 Å². The molecule has 0 spiro atoms. The molecule has 0 saturated carbocycles. The van der Waals surface area contributed by atoms with Crippen molar-refractivity contribution >= 4 is 17.2 Å². The second-order valence-corrected chi connectivity index (χ2v) is 6.04. The number of aromatic nitrogens is 1. The maximum Gasteiger partial charge on any atom is 0.0995 e. The zero-order valence-corrected chi connectivity index (χ0v) is 12.7. The molecular formula is C15H20N4S. The zero-order chi connectivity index (χ0) is 14.5. The van der Waals surface area contributed by atoms with Crippen LogP contribution in [0.1, 0.15) is 22.2 Å². The van der Waals surface area contributed by atoms with Crippen LogP contribution in [0.4, 0.5) is 0 Å². The summed E-state index contributed by atoms with van der Waals surface area (Å²) in [5.41, 5.74) is 7.92. The van der Waals surface area contributed by atoms with E-state index in [1.54, 1.807) is 11.3 Å². The molecule has 1 atom stereocenters. The summed E-state index contributed by atoms with van der Waals surface area (Å²) in [7, 11) is 2.04. The van der Waals surface area contributed by atoms with Crippen molar-refractivity contribution in [2.75, 3.05) is 13.6 Å². The van der Waals surface area contributed by atoms with E-state index < -0.39 is 0 Å². The number of hydrogen-bond donors (Lipinski definition) is 2. The SMILES string of the molecule is Cc1nc(CN(C)CC(C(=N)N)c2ccccc2)cs1. The number of nitrogens with zero attached hydrogens (tertiary/aromatic N) is 2. The van der Waals surface area contributed by atoms with Crippen LogP contribution in [0.2, 0.25) is 0 Å². The minimum Gasteiger partial charge on any atom is -0.387 e. The lowest BCUT2D eigenvalue weighted by molar-refractivity contribution is 0.319. The lowest BCUT2D eigenvalue weighted by Gasteiger charge is -2.23. The third kappa shape index (κ3) is 3.88. The molecule has 1 aromatic heterocycles. The van der Waals surface area contributed by atoms with Crippen molar-refractivity contribution in [3.8, 4) is 0 Å². The van der Waals surface area contributed by atoms with Gasteiger partial charge in [-0.2, -0.15) is 0 Å². The third-order valence-corrected chi connectivity index (χ3v) is 3.99. The van der Waals surface area contributed by atoms with Gasteiger partial charge in [-0.25, -0.2) is 4.98 Å². The molecule has 0 radical (unpaired) electrons. The topological polar surface area (TPSA) is 66.0 Å². The number of benzene rings is 1. The predicted molar refractivity (Wildman–Crippen MR) is 84.3 cm³/mol. The highest BCUT2D eigenvalue weighted by Crippen LogP contribution is 2.18. The summed E-state index contributed by atoms with van der Waals surface area (Å²) in [6.07, 6.45) is 0. The van der Waals surface area contributed by atoms with Gasteiger partial charge in [0.15, 0.2) is 0 Å². The van der Waals surface area contributed by atoms with E-state index in [-0.39, 0.29) is 11.8 Å². The van der Waals surface area contributed by atoms with Crippen molar-refractivity contribution in [2.24, 2.45) is 5.73 Å². The summed E-state index contributed by atoms with van der Waals surface area (Å²) >= 11 is 1.66. The van der Waals surface area contributed by atoms with Crippen LogP contribution in [0.3, 0.4) is 0 Å². The van der Waals surface area contributed by atoms with Gasteiger partial charge >= 0.3 is 0 Å². The van der Waals surface area contributed by atoms with E-state index in [9.17, 15) is 0 Å². The molecule has 4 nitrogen and oxygen atoms in total. The van der Waals surface area contributed by atoms with Crippen LogP contribution < -0.4 is 5.73 Å². The molecule has 2 rings (SSSR count). The minimum atomic E-state index is -0.0686. The van der Waals surface area contributed by atoms with Crippen LogP contribution >= 0.6 is 11.3 Å². The molecule has 0 bridgehead atoms. The predicted octanol–water partition coefficient (Wildman–Crippen LogP) is 2.60. The van der Waals surface area contributed by atoms with E-state index in [0.29, 0.717) is 0 Å². The van der Waals surface area contributed by atoms with Crippen molar-refractivity contribution in [1.82, 2.24) is 9.88 Å². The summed E-state index contributed by atoms with van der Waals surface area (Å²) in [6, 6.07) is 9.98. The monoisotopic (exact) mass is 288 g/mol. The van der Waals surface area contributed by atoms with Crippen LogP contribution in [0.25, 0.3) is 0 Å². The first kappa shape index (κ1) is 14.7. The number of aryl methyl sites for hydroxylation is 1. The van der Waals surface area contributed by atoms with E-state index >= 15 is 0 Å². The van der Waals surface area contributed by atoms with Gasteiger partial charge in [-0.3, -0.25) is 10.3 Å². The Kier molecular flexibility index (Phi) is 4.87. The molecule has 1 unspecified atom stereocenters. The Balaban J connectivity index is 2.03. The quantitative estimate of drug-likeness (QED) is 0.634. The van der Waals surface area contributed by atoms with E-state index in [2.05, 4.69) is 15.3 Å². The highest BCUT2D eigenvalue weighted by Gasteiger charge is 2.17. The molecule has 5 heteroatoms. The Morgan fingerprint density at radius 3 is 2.65 bits per heavy atom. The van der Waals surface area contributed by atoms with Crippen molar-refractivity contribution in [3.63, 3.8) is 0 Å². The van der Waals surface area contributed by atoms with E-state index in [0.717, 1.165) is 29.4 Å². The summed E-state index contributed by atoms with van der Waals surface area (Å²) in [6.45, 7) is 3.51. The lowest BCUT2D eigenvalue weighted by Crippen LogP contribution is -2.32. The van der Waals surface area contributed by atoms with E-state index in [1.165, 1.54) is 0 Å². The van der Waals surface area contributed by atoms with Gasteiger partial charge in [0.2, 0.25) is 0 Å². The van der Waals surface area contributed by atoms with Crippen LogP contribution in [0, 0.1) is 12.3 Å². The summed E-state index contributed by atoms with van der Waals surface area (Å²) in [5, 5.41) is 11.0. The Bertz CT molecular complexity index is 564. The van der Waals surface area contributed by atoms with Gasteiger partial charge in [-0.15, -0.1) is 11.3 Å². The fourth-order valence-electron chi connectivity index (χ4n) is 2.20. The fraction of sp³-hybridized carbons (Fsp3) is 0.333. The van der Waals surface area contributed by atoms with Gasteiger partial charge in [0.25, 0.3) is 0 Å². The van der Waals surface area contributed by atoms with Gasteiger partial charge in [-0.1, -0.05) is 30.3 Å². The van der Waals surface area contributed by atoms with Crippen LogP contribution in [0.5, 0.6) is 0 Å². The smallest absolute Gasteiger partial charge is 0.0995 e. The zero-order valence-electron chi connectivity index (χ0n) is 11.8. The maximum absolute atomic E-state index is 7.80. The van der Waals surface area contributed by atoms with E-state index in [4.69, 9.17) is 11.1 Å². The first-order valence-corrected chi connectivity index (χ1v) is 7.42. The molecule has 0 fully saturated rings. The molecule has 20 heavy (non-hydrogen) atoms. The molecular weight excluding hydrogens is 268 g/mol. The van der Waals surface area contributed by atoms with Crippen LogP contribution in [0.15, 0.2) is 35.7 Å². The molecule has 0 aliphatic heterocycles. The summed E-state index contributed by atoms with van der Waals surface area (Å²) < 4.78 is 0. The minimum absolute atomic E-state index is 0.0686. The molecule has 1 heterocycles. The molecule has 2 aromatic rings. The van der Waals surface area contributed by atoms with Crippen LogP contribution in [-0.4, -0.2) is 29.3 Å². The van der Waals surface area contributed by atoms with Crippen molar-refractivity contribution in [3.05, 3.63) is 52.0 Å². The number of hydrogen-bond acceptors (Lipinski definition) is 4. The van der Waals surface area contributed by atoms with Gasteiger partial charge in [0, 0.05) is 18.5 Å². The number of thiazole rings is 1. The molecule has 106 valence electrons. The second-order valence-electron chi connectivity index (χ2n) is 4.97. The standard InChI is InChI=1S/C15H20N4S/c1-11-18-13(10-20-11)8-19(2)9-14(15(16)17)12-6-4-3-5-7-12/h3-7,10,14H,8-9H2,1-2H3,(H3,16,17). The average molecular weight is 288 g/mol. The number of likely N-dealkylation sites (N-methyl/N-ethyl adjacent to an activating group) is 1.